The summed E-state index contributed by atoms with van der Waals surface area (Å²) in [5, 5.41) is 0.714. The minimum atomic E-state index is -0.0326. The first-order valence-electron chi connectivity index (χ1n) is 12.7. The van der Waals surface area contributed by atoms with E-state index < -0.39 is 0 Å². The van der Waals surface area contributed by atoms with Gasteiger partial charge in [-0.05, 0) is 59.7 Å². The van der Waals surface area contributed by atoms with E-state index >= 15 is 0 Å². The Hall–Kier alpha value is -5.07. The molecular weight excluding hydrogens is 500 g/mol. The molecule has 8 rings (SSSR count). The molecule has 5 aromatic carbocycles. The lowest BCUT2D eigenvalue weighted by Crippen LogP contribution is -2.11. The van der Waals surface area contributed by atoms with Gasteiger partial charge in [0.25, 0.3) is 5.56 Å². The van der Waals surface area contributed by atoms with Crippen LogP contribution in [0.4, 0.5) is 0 Å². The quantitative estimate of drug-likeness (QED) is 0.239. The zero-order chi connectivity index (χ0) is 25.9. The number of imidazole rings is 2. The van der Waals surface area contributed by atoms with E-state index in [9.17, 15) is 4.79 Å². The minimum absolute atomic E-state index is 0.0326. The van der Waals surface area contributed by atoms with Gasteiger partial charge in [0.2, 0.25) is 0 Å². The zero-order valence-electron chi connectivity index (χ0n) is 20.7. The summed E-state index contributed by atoms with van der Waals surface area (Å²) in [5.41, 5.74) is 7.84. The third-order valence-corrected chi connectivity index (χ3v) is 8.23. The second kappa shape index (κ2) is 8.48. The monoisotopic (exact) mass is 520 g/mol. The molecule has 39 heavy (non-hydrogen) atoms. The summed E-state index contributed by atoms with van der Waals surface area (Å²) in [6, 6.07) is 40.8. The van der Waals surface area contributed by atoms with E-state index in [1.54, 1.807) is 4.40 Å². The van der Waals surface area contributed by atoms with E-state index in [0.717, 1.165) is 55.0 Å². The molecule has 8 aromatic rings. The molecule has 0 bridgehead atoms. The Labute approximate surface area is 226 Å². The Morgan fingerprint density at radius 2 is 1.31 bits per heavy atom. The maximum absolute atomic E-state index is 13.4. The average Bonchev–Trinajstić information content (AvgIpc) is 3.56. The highest BCUT2D eigenvalue weighted by molar-refractivity contribution is 7.23. The van der Waals surface area contributed by atoms with Crippen molar-refractivity contribution >= 4 is 48.5 Å². The molecule has 0 amide bonds. The van der Waals surface area contributed by atoms with Crippen molar-refractivity contribution in [3.05, 3.63) is 132 Å². The molecule has 3 heterocycles. The lowest BCUT2D eigenvalue weighted by molar-refractivity contribution is 1.10. The molecule has 0 saturated carbocycles. The number of benzene rings is 5. The van der Waals surface area contributed by atoms with Gasteiger partial charge in [-0.1, -0.05) is 84.1 Å². The second-order valence-corrected chi connectivity index (χ2v) is 10.5. The van der Waals surface area contributed by atoms with Crippen LogP contribution in [0.1, 0.15) is 0 Å². The molecule has 0 aliphatic carbocycles. The van der Waals surface area contributed by atoms with E-state index in [1.165, 1.54) is 11.3 Å². The minimum Gasteiger partial charge on any atom is -0.292 e. The van der Waals surface area contributed by atoms with Gasteiger partial charge < -0.3 is 0 Å². The van der Waals surface area contributed by atoms with Gasteiger partial charge >= 0.3 is 0 Å². The van der Waals surface area contributed by atoms with E-state index in [1.807, 2.05) is 66.7 Å². The second-order valence-electron chi connectivity index (χ2n) is 9.51. The van der Waals surface area contributed by atoms with Gasteiger partial charge in [0.05, 0.1) is 27.5 Å². The predicted molar refractivity (Wildman–Crippen MR) is 160 cm³/mol. The van der Waals surface area contributed by atoms with Crippen LogP contribution in [0.2, 0.25) is 0 Å². The van der Waals surface area contributed by atoms with Crippen molar-refractivity contribution in [3.63, 3.8) is 0 Å². The van der Waals surface area contributed by atoms with Crippen LogP contribution < -0.4 is 5.56 Å². The lowest BCUT2D eigenvalue weighted by atomic mass is 10.0. The fourth-order valence-electron chi connectivity index (χ4n) is 5.32. The van der Waals surface area contributed by atoms with Crippen LogP contribution >= 0.6 is 11.3 Å². The first-order chi connectivity index (χ1) is 19.2. The average molecular weight is 521 g/mol. The highest BCUT2D eigenvalue weighted by Crippen LogP contribution is 2.31. The van der Waals surface area contributed by atoms with Crippen LogP contribution in [-0.4, -0.2) is 18.9 Å². The van der Waals surface area contributed by atoms with E-state index in [-0.39, 0.29) is 5.56 Å². The van der Waals surface area contributed by atoms with Crippen LogP contribution in [0.15, 0.2) is 126 Å². The van der Waals surface area contributed by atoms with Crippen LogP contribution in [0.3, 0.4) is 0 Å². The number of hydrogen-bond acceptors (Lipinski definition) is 4. The summed E-state index contributed by atoms with van der Waals surface area (Å²) < 4.78 is 4.89. The fourth-order valence-corrected chi connectivity index (χ4v) is 6.34. The topological polar surface area (TPSA) is 52.2 Å². The van der Waals surface area contributed by atoms with Crippen LogP contribution in [0.5, 0.6) is 0 Å². The molecule has 3 aromatic heterocycles. The van der Waals surface area contributed by atoms with Crippen molar-refractivity contribution in [3.8, 4) is 28.2 Å². The standard InChI is InChI=1S/C33H20N4OS/c38-32-25-10-4-7-13-30(25)39-33-35-27-19-16-23(20-29(27)37(32)33)21-14-17-24(18-15-21)36-28-12-6-5-11-26(28)34-31(36)22-8-2-1-3-9-22/h1-20H. The van der Waals surface area contributed by atoms with E-state index in [2.05, 4.69) is 59.2 Å². The van der Waals surface area contributed by atoms with Gasteiger partial charge in [-0.3, -0.25) is 9.36 Å². The molecular formula is C33H20N4OS. The van der Waals surface area contributed by atoms with Gasteiger partial charge in [-0.2, -0.15) is 0 Å². The number of para-hydroxylation sites is 2. The summed E-state index contributed by atoms with van der Waals surface area (Å²) in [6.07, 6.45) is 0. The van der Waals surface area contributed by atoms with Crippen molar-refractivity contribution < 1.29 is 0 Å². The molecule has 0 atom stereocenters. The Kier molecular flexibility index (Phi) is 4.77. The summed E-state index contributed by atoms with van der Waals surface area (Å²) in [5.74, 6) is 0.910. The van der Waals surface area contributed by atoms with Gasteiger partial charge in [0.15, 0.2) is 4.96 Å². The molecule has 0 fully saturated rings. The van der Waals surface area contributed by atoms with Gasteiger partial charge in [-0.25, -0.2) is 14.4 Å². The number of fused-ring (bicyclic) bond motifs is 5. The van der Waals surface area contributed by atoms with Gasteiger partial charge in [-0.15, -0.1) is 0 Å². The largest absolute Gasteiger partial charge is 0.292 e. The summed E-state index contributed by atoms with van der Waals surface area (Å²) in [7, 11) is 0. The molecule has 6 heteroatoms. The van der Waals surface area contributed by atoms with Crippen LogP contribution in [0, 0.1) is 0 Å². The molecule has 0 radical (unpaired) electrons. The fraction of sp³-hybridized carbons (Fsp3) is 0. The Morgan fingerprint density at radius 3 is 2.18 bits per heavy atom. The Bertz CT molecular complexity index is 2240. The summed E-state index contributed by atoms with van der Waals surface area (Å²) in [6.45, 7) is 0. The number of rotatable bonds is 3. The third kappa shape index (κ3) is 3.42. The van der Waals surface area contributed by atoms with Crippen molar-refractivity contribution in [1.29, 1.82) is 0 Å². The highest BCUT2D eigenvalue weighted by Gasteiger charge is 2.15. The molecule has 0 unspecified atom stereocenters. The van der Waals surface area contributed by atoms with E-state index in [0.29, 0.717) is 10.3 Å². The van der Waals surface area contributed by atoms with E-state index in [4.69, 9.17) is 9.97 Å². The molecule has 184 valence electrons. The van der Waals surface area contributed by atoms with Crippen molar-refractivity contribution in [2.75, 3.05) is 0 Å². The van der Waals surface area contributed by atoms with Crippen molar-refractivity contribution in [2.45, 2.75) is 0 Å². The Balaban J connectivity index is 1.26. The molecule has 0 N–H and O–H groups in total. The summed E-state index contributed by atoms with van der Waals surface area (Å²) >= 11 is 1.54. The van der Waals surface area contributed by atoms with Crippen molar-refractivity contribution in [1.82, 2.24) is 18.9 Å². The maximum Gasteiger partial charge on any atom is 0.266 e. The maximum atomic E-state index is 13.4. The zero-order valence-corrected chi connectivity index (χ0v) is 21.5. The third-order valence-electron chi connectivity index (χ3n) is 7.20. The number of nitrogens with zero attached hydrogens (tertiary/aromatic N) is 4. The Morgan fingerprint density at radius 1 is 0.590 bits per heavy atom. The van der Waals surface area contributed by atoms with Crippen LogP contribution in [0.25, 0.3) is 65.3 Å². The molecule has 0 aliphatic rings. The SMILES string of the molecule is O=c1c2ccccc2sc2nc3ccc(-c4ccc(-n5c(-c6ccccc6)nc6ccccc65)cc4)cc3n12. The van der Waals surface area contributed by atoms with Crippen LogP contribution in [-0.2, 0) is 0 Å². The normalized spacial score (nSPS) is 11.7. The van der Waals surface area contributed by atoms with Gasteiger partial charge in [0, 0.05) is 16.0 Å². The first kappa shape index (κ1) is 22.0. The molecule has 0 saturated heterocycles. The first-order valence-corrected chi connectivity index (χ1v) is 13.5. The molecule has 0 spiro atoms. The lowest BCUT2D eigenvalue weighted by Gasteiger charge is -2.11. The molecule has 5 nitrogen and oxygen atoms in total. The predicted octanol–water partition coefficient (Wildman–Crippen LogP) is 7.74. The van der Waals surface area contributed by atoms with Crippen molar-refractivity contribution in [2.24, 2.45) is 0 Å². The summed E-state index contributed by atoms with van der Waals surface area (Å²) in [4.78, 5) is 23.8. The smallest absolute Gasteiger partial charge is 0.266 e. The number of hydrogen-bond donors (Lipinski definition) is 0. The highest BCUT2D eigenvalue weighted by atomic mass is 32.1. The number of aromatic nitrogens is 4. The van der Waals surface area contributed by atoms with Gasteiger partial charge in [0.1, 0.15) is 5.82 Å². The molecule has 0 aliphatic heterocycles.